The van der Waals surface area contributed by atoms with Crippen LogP contribution in [-0.4, -0.2) is 67.3 Å². The molecule has 5 nitrogen and oxygen atoms in total. The van der Waals surface area contributed by atoms with Crippen molar-refractivity contribution < 1.29 is 19.3 Å². The van der Waals surface area contributed by atoms with E-state index in [0.29, 0.717) is 19.8 Å². The van der Waals surface area contributed by atoms with Gasteiger partial charge in [-0.3, -0.25) is 4.90 Å². The number of aliphatic hydroxyl groups is 1. The average Bonchev–Trinajstić information content (AvgIpc) is 2.87. The fraction of sp³-hybridized carbons (Fsp3) is 0.647. The van der Waals surface area contributed by atoms with E-state index >= 15 is 0 Å². The molecule has 0 saturated carbocycles. The van der Waals surface area contributed by atoms with Crippen molar-refractivity contribution in [3.63, 3.8) is 0 Å². The van der Waals surface area contributed by atoms with Gasteiger partial charge in [-0.25, -0.2) is 0 Å². The highest BCUT2D eigenvalue weighted by Gasteiger charge is 2.46. The molecule has 1 aromatic carbocycles. The van der Waals surface area contributed by atoms with Crippen LogP contribution in [0.25, 0.3) is 0 Å². The number of hydrogen-bond acceptors (Lipinski definition) is 5. The molecule has 2 aliphatic heterocycles. The van der Waals surface area contributed by atoms with Crippen LogP contribution in [0.5, 0.6) is 5.75 Å². The molecule has 3 atom stereocenters. The van der Waals surface area contributed by atoms with Gasteiger partial charge in [0.15, 0.2) is 0 Å². The molecule has 0 radical (unpaired) electrons. The average molecular weight is 307 g/mol. The Hall–Kier alpha value is -1.14. The molecule has 2 fully saturated rings. The van der Waals surface area contributed by atoms with Gasteiger partial charge in [0.1, 0.15) is 24.1 Å². The van der Waals surface area contributed by atoms with Crippen LogP contribution in [0.15, 0.2) is 30.3 Å². The Balaban J connectivity index is 1.48. The van der Waals surface area contributed by atoms with Crippen molar-refractivity contribution >= 4 is 0 Å². The number of nitrogens with zero attached hydrogens (tertiary/aromatic N) is 1. The van der Waals surface area contributed by atoms with Gasteiger partial charge < -0.3 is 19.3 Å². The van der Waals surface area contributed by atoms with Crippen molar-refractivity contribution in [2.45, 2.75) is 31.2 Å². The summed E-state index contributed by atoms with van der Waals surface area (Å²) in [5.74, 6) is 0.790. The smallest absolute Gasteiger partial charge is 0.119 e. The molecular weight excluding hydrogens is 282 g/mol. The van der Waals surface area contributed by atoms with Gasteiger partial charge in [0.05, 0.1) is 12.7 Å². The highest BCUT2D eigenvalue weighted by Crippen LogP contribution is 2.33. The van der Waals surface area contributed by atoms with E-state index in [1.165, 1.54) is 0 Å². The molecule has 2 heterocycles. The molecule has 0 unspecified atom stereocenters. The van der Waals surface area contributed by atoms with Gasteiger partial charge in [0.25, 0.3) is 0 Å². The molecule has 22 heavy (non-hydrogen) atoms. The van der Waals surface area contributed by atoms with Crippen LogP contribution in [0.4, 0.5) is 0 Å². The molecule has 0 bridgehead atoms. The van der Waals surface area contributed by atoms with Crippen molar-refractivity contribution in [2.75, 3.05) is 39.5 Å². The van der Waals surface area contributed by atoms with Crippen molar-refractivity contribution in [1.29, 1.82) is 0 Å². The van der Waals surface area contributed by atoms with Crippen LogP contribution in [0.1, 0.15) is 13.3 Å². The first-order valence-electron chi connectivity index (χ1n) is 8.02. The number of hydrogen-bond donors (Lipinski definition) is 1. The minimum Gasteiger partial charge on any atom is -0.491 e. The van der Waals surface area contributed by atoms with Crippen molar-refractivity contribution in [2.24, 2.45) is 0 Å². The summed E-state index contributed by atoms with van der Waals surface area (Å²) in [7, 11) is 0. The first kappa shape index (κ1) is 15.7. The first-order chi connectivity index (χ1) is 10.7. The maximum absolute atomic E-state index is 10.2. The van der Waals surface area contributed by atoms with E-state index in [1.54, 1.807) is 0 Å². The maximum Gasteiger partial charge on any atom is 0.119 e. The molecule has 1 spiro atoms. The largest absolute Gasteiger partial charge is 0.491 e. The third-order valence-electron chi connectivity index (χ3n) is 4.58. The van der Waals surface area contributed by atoms with Crippen LogP contribution in [0.3, 0.4) is 0 Å². The molecule has 0 amide bonds. The van der Waals surface area contributed by atoms with E-state index in [4.69, 9.17) is 14.2 Å². The number of ether oxygens (including phenoxy) is 3. The highest BCUT2D eigenvalue weighted by atomic mass is 16.6. The fourth-order valence-electron chi connectivity index (χ4n) is 3.26. The van der Waals surface area contributed by atoms with E-state index in [-0.39, 0.29) is 11.7 Å². The molecule has 2 aliphatic rings. The summed E-state index contributed by atoms with van der Waals surface area (Å²) in [6.45, 7) is 6.10. The van der Waals surface area contributed by atoms with E-state index < -0.39 is 6.10 Å². The molecule has 1 aromatic rings. The number of β-amino-alcohol motifs (C(OH)–C–C–N with tert-alkyl or cyclic N) is 1. The number of morpholine rings is 1. The molecule has 0 aromatic heterocycles. The standard InChI is InChI=1S/C17H25NO4/c1-14-17(7-9-20-14)13-18(8-10-22-17)11-15(19)12-21-16-5-3-2-4-6-16/h2-6,14-15,19H,7-13H2,1H3/t14-,15+,17-/m0/s1. The Bertz CT molecular complexity index is 469. The van der Waals surface area contributed by atoms with Crippen LogP contribution in [-0.2, 0) is 9.47 Å². The van der Waals surface area contributed by atoms with Crippen molar-refractivity contribution in [1.82, 2.24) is 4.90 Å². The van der Waals surface area contributed by atoms with Gasteiger partial charge in [0, 0.05) is 32.7 Å². The third kappa shape index (κ3) is 3.60. The summed E-state index contributed by atoms with van der Waals surface area (Å²) < 4.78 is 17.3. The lowest BCUT2D eigenvalue weighted by Crippen LogP contribution is -2.56. The summed E-state index contributed by atoms with van der Waals surface area (Å²) in [5.41, 5.74) is -0.196. The summed E-state index contributed by atoms with van der Waals surface area (Å²) in [6, 6.07) is 9.59. The Morgan fingerprint density at radius 1 is 1.36 bits per heavy atom. The Kier molecular flexibility index (Phi) is 4.98. The van der Waals surface area contributed by atoms with Gasteiger partial charge in [-0.15, -0.1) is 0 Å². The van der Waals surface area contributed by atoms with Crippen LogP contribution < -0.4 is 4.74 Å². The topological polar surface area (TPSA) is 51.2 Å². The Morgan fingerprint density at radius 3 is 2.91 bits per heavy atom. The zero-order chi connectivity index (χ0) is 15.4. The first-order valence-corrected chi connectivity index (χ1v) is 8.02. The van der Waals surface area contributed by atoms with E-state index in [1.807, 2.05) is 30.3 Å². The lowest BCUT2D eigenvalue weighted by Gasteiger charge is -2.42. The molecule has 1 N–H and O–H groups in total. The minimum absolute atomic E-state index is 0.119. The monoisotopic (exact) mass is 307 g/mol. The fourth-order valence-corrected chi connectivity index (χ4v) is 3.26. The lowest BCUT2D eigenvalue weighted by molar-refractivity contribution is -0.140. The summed E-state index contributed by atoms with van der Waals surface area (Å²) in [5, 5.41) is 10.2. The number of benzene rings is 1. The van der Waals surface area contributed by atoms with Crippen molar-refractivity contribution in [3.05, 3.63) is 30.3 Å². The van der Waals surface area contributed by atoms with Crippen LogP contribution >= 0.6 is 0 Å². The molecular formula is C17H25NO4. The summed E-state index contributed by atoms with van der Waals surface area (Å²) in [4.78, 5) is 2.26. The number of rotatable bonds is 5. The molecule has 2 saturated heterocycles. The minimum atomic E-state index is -0.506. The molecule has 3 rings (SSSR count). The van der Waals surface area contributed by atoms with Crippen molar-refractivity contribution in [3.8, 4) is 5.75 Å². The summed E-state index contributed by atoms with van der Waals surface area (Å²) in [6.07, 6.45) is 0.544. The zero-order valence-electron chi connectivity index (χ0n) is 13.1. The van der Waals surface area contributed by atoms with E-state index in [2.05, 4.69) is 11.8 Å². The zero-order valence-corrected chi connectivity index (χ0v) is 13.1. The van der Waals surface area contributed by atoms with E-state index in [9.17, 15) is 5.11 Å². The SMILES string of the molecule is C[C@@H]1OCC[C@]12CN(C[C@@H](O)COc1ccccc1)CCO2. The predicted molar refractivity (Wildman–Crippen MR) is 83.1 cm³/mol. The number of aliphatic hydroxyl groups excluding tert-OH is 1. The highest BCUT2D eigenvalue weighted by molar-refractivity contribution is 5.20. The predicted octanol–water partition coefficient (Wildman–Crippen LogP) is 1.31. The third-order valence-corrected chi connectivity index (χ3v) is 4.58. The second kappa shape index (κ2) is 6.96. The Morgan fingerprint density at radius 2 is 2.18 bits per heavy atom. The molecule has 0 aliphatic carbocycles. The van der Waals surface area contributed by atoms with Gasteiger partial charge in [-0.1, -0.05) is 18.2 Å². The van der Waals surface area contributed by atoms with Gasteiger partial charge in [-0.05, 0) is 19.1 Å². The van der Waals surface area contributed by atoms with Crippen LogP contribution in [0.2, 0.25) is 0 Å². The van der Waals surface area contributed by atoms with Gasteiger partial charge in [-0.2, -0.15) is 0 Å². The second-order valence-electron chi connectivity index (χ2n) is 6.19. The van der Waals surface area contributed by atoms with Gasteiger partial charge >= 0.3 is 0 Å². The van der Waals surface area contributed by atoms with Gasteiger partial charge in [0.2, 0.25) is 0 Å². The van der Waals surface area contributed by atoms with Crippen LogP contribution in [0, 0.1) is 0 Å². The Labute approximate surface area is 131 Å². The second-order valence-corrected chi connectivity index (χ2v) is 6.19. The quantitative estimate of drug-likeness (QED) is 0.889. The normalized spacial score (nSPS) is 30.5. The summed E-state index contributed by atoms with van der Waals surface area (Å²) >= 11 is 0. The molecule has 5 heteroatoms. The molecule has 122 valence electrons. The maximum atomic E-state index is 10.2. The van der Waals surface area contributed by atoms with E-state index in [0.717, 1.165) is 31.9 Å². The number of para-hydroxylation sites is 1. The lowest BCUT2D eigenvalue weighted by atomic mass is 9.94.